The van der Waals surface area contributed by atoms with Gasteiger partial charge in [-0.1, -0.05) is 22.0 Å². The van der Waals surface area contributed by atoms with Crippen LogP contribution in [0.5, 0.6) is 0 Å². The third kappa shape index (κ3) is 2.88. The van der Waals surface area contributed by atoms with Gasteiger partial charge in [0.15, 0.2) is 0 Å². The monoisotopic (exact) mass is 326 g/mol. The Morgan fingerprint density at radius 1 is 1.28 bits per heavy atom. The van der Waals surface area contributed by atoms with E-state index in [1.54, 1.807) is 49.6 Å². The van der Waals surface area contributed by atoms with Gasteiger partial charge in [0.25, 0.3) is 10.0 Å². The van der Waals surface area contributed by atoms with E-state index in [2.05, 4.69) is 25.6 Å². The van der Waals surface area contributed by atoms with E-state index in [1.165, 1.54) is 0 Å². The van der Waals surface area contributed by atoms with Crippen molar-refractivity contribution in [3.05, 3.63) is 52.8 Å². The normalized spacial score (nSPS) is 11.2. The van der Waals surface area contributed by atoms with Gasteiger partial charge in [-0.05, 0) is 36.8 Å². The molecule has 0 atom stereocenters. The average molecular weight is 327 g/mol. The van der Waals surface area contributed by atoms with E-state index in [1.807, 2.05) is 0 Å². The summed E-state index contributed by atoms with van der Waals surface area (Å²) in [6.45, 7) is 1.80. The van der Waals surface area contributed by atoms with Crippen molar-refractivity contribution in [2.24, 2.45) is 0 Å². The summed E-state index contributed by atoms with van der Waals surface area (Å²) in [6.07, 6.45) is 3.16. The number of nitrogens with one attached hydrogen (secondary N) is 1. The van der Waals surface area contributed by atoms with Crippen molar-refractivity contribution < 1.29 is 8.42 Å². The Morgan fingerprint density at radius 3 is 2.72 bits per heavy atom. The first-order chi connectivity index (χ1) is 8.49. The number of hydrogen-bond donors (Lipinski definition) is 1. The molecule has 0 aliphatic carbocycles. The van der Waals surface area contributed by atoms with E-state index in [-0.39, 0.29) is 4.90 Å². The zero-order valence-electron chi connectivity index (χ0n) is 9.59. The lowest BCUT2D eigenvalue weighted by molar-refractivity contribution is 0.601. The SMILES string of the molecule is Cc1cnccc1NS(=O)(=O)c1cccc(Br)c1. The number of rotatable bonds is 3. The largest absolute Gasteiger partial charge is 0.279 e. The first-order valence-electron chi connectivity index (χ1n) is 5.18. The van der Waals surface area contributed by atoms with Crippen LogP contribution in [0.4, 0.5) is 5.69 Å². The first kappa shape index (κ1) is 13.0. The lowest BCUT2D eigenvalue weighted by atomic mass is 10.3. The van der Waals surface area contributed by atoms with Crippen LogP contribution in [0, 0.1) is 6.92 Å². The Morgan fingerprint density at radius 2 is 2.06 bits per heavy atom. The third-order valence-corrected chi connectivity index (χ3v) is 4.23. The fourth-order valence-corrected chi connectivity index (χ4v) is 3.15. The molecule has 0 amide bonds. The van der Waals surface area contributed by atoms with Gasteiger partial charge >= 0.3 is 0 Å². The van der Waals surface area contributed by atoms with Crippen molar-refractivity contribution in [2.45, 2.75) is 11.8 Å². The van der Waals surface area contributed by atoms with Crippen LogP contribution in [0.15, 0.2) is 52.1 Å². The number of nitrogens with zero attached hydrogens (tertiary/aromatic N) is 1. The fraction of sp³-hybridized carbons (Fsp3) is 0.0833. The fourth-order valence-electron chi connectivity index (χ4n) is 1.43. The maximum atomic E-state index is 12.2. The molecule has 1 heterocycles. The molecular weight excluding hydrogens is 316 g/mol. The zero-order valence-corrected chi connectivity index (χ0v) is 12.0. The van der Waals surface area contributed by atoms with Crippen molar-refractivity contribution in [1.29, 1.82) is 0 Å². The van der Waals surface area contributed by atoms with Crippen LogP contribution >= 0.6 is 15.9 Å². The molecule has 0 saturated heterocycles. The summed E-state index contributed by atoms with van der Waals surface area (Å²) in [6, 6.07) is 8.18. The van der Waals surface area contributed by atoms with Gasteiger partial charge in [-0.15, -0.1) is 0 Å². The van der Waals surface area contributed by atoms with Crippen LogP contribution in [-0.2, 0) is 10.0 Å². The molecule has 6 heteroatoms. The van der Waals surface area contributed by atoms with E-state index in [4.69, 9.17) is 0 Å². The van der Waals surface area contributed by atoms with Crippen LogP contribution < -0.4 is 4.72 Å². The molecule has 0 radical (unpaired) electrons. The second-order valence-corrected chi connectivity index (χ2v) is 6.35. The molecule has 2 rings (SSSR count). The highest BCUT2D eigenvalue weighted by atomic mass is 79.9. The molecule has 0 unspecified atom stereocenters. The van der Waals surface area contributed by atoms with Gasteiger partial charge in [-0.2, -0.15) is 0 Å². The van der Waals surface area contributed by atoms with Crippen LogP contribution in [0.2, 0.25) is 0 Å². The number of halogens is 1. The smallest absolute Gasteiger partial charge is 0.261 e. The van der Waals surface area contributed by atoms with Gasteiger partial charge in [0.2, 0.25) is 0 Å². The van der Waals surface area contributed by atoms with Crippen LogP contribution in [0.1, 0.15) is 5.56 Å². The summed E-state index contributed by atoms with van der Waals surface area (Å²) in [5.74, 6) is 0. The molecule has 0 bridgehead atoms. The summed E-state index contributed by atoms with van der Waals surface area (Å²) < 4.78 is 27.6. The van der Waals surface area contributed by atoms with Crippen LogP contribution in [0.25, 0.3) is 0 Å². The minimum absolute atomic E-state index is 0.216. The molecule has 0 spiro atoms. The van der Waals surface area contributed by atoms with E-state index >= 15 is 0 Å². The number of hydrogen-bond acceptors (Lipinski definition) is 3. The standard InChI is InChI=1S/C12H11BrN2O2S/c1-9-8-14-6-5-12(9)15-18(16,17)11-4-2-3-10(13)7-11/h2-8H,1H3,(H,14,15). The van der Waals surface area contributed by atoms with E-state index in [0.717, 1.165) is 10.0 Å². The Kier molecular flexibility index (Phi) is 3.68. The lowest BCUT2D eigenvalue weighted by Gasteiger charge is -2.10. The Balaban J connectivity index is 2.37. The topological polar surface area (TPSA) is 59.1 Å². The van der Waals surface area contributed by atoms with Crippen molar-refractivity contribution in [1.82, 2.24) is 4.98 Å². The van der Waals surface area contributed by atoms with Crippen molar-refractivity contribution in [3.63, 3.8) is 0 Å². The summed E-state index contributed by atoms with van der Waals surface area (Å²) in [4.78, 5) is 4.14. The summed E-state index contributed by atoms with van der Waals surface area (Å²) in [5.41, 5.74) is 1.31. The first-order valence-corrected chi connectivity index (χ1v) is 7.46. The molecule has 0 aliphatic rings. The highest BCUT2D eigenvalue weighted by Crippen LogP contribution is 2.20. The van der Waals surface area contributed by atoms with Gasteiger partial charge in [0, 0.05) is 16.9 Å². The van der Waals surface area contributed by atoms with Crippen molar-refractivity contribution in [2.75, 3.05) is 4.72 Å². The molecule has 1 aromatic carbocycles. The summed E-state index contributed by atoms with van der Waals surface area (Å²) in [7, 11) is -3.57. The van der Waals surface area contributed by atoms with Gasteiger partial charge in [0.05, 0.1) is 10.6 Å². The number of benzene rings is 1. The third-order valence-electron chi connectivity index (χ3n) is 2.37. The molecule has 1 N–H and O–H groups in total. The number of aromatic nitrogens is 1. The van der Waals surface area contributed by atoms with Gasteiger partial charge in [-0.25, -0.2) is 8.42 Å². The van der Waals surface area contributed by atoms with Crippen LogP contribution in [0.3, 0.4) is 0 Å². The minimum Gasteiger partial charge on any atom is -0.279 e. The predicted molar refractivity (Wildman–Crippen MR) is 73.9 cm³/mol. The predicted octanol–water partition coefficient (Wildman–Crippen LogP) is 2.95. The highest BCUT2D eigenvalue weighted by Gasteiger charge is 2.15. The number of pyridine rings is 1. The molecule has 4 nitrogen and oxygen atoms in total. The second-order valence-electron chi connectivity index (χ2n) is 3.75. The zero-order chi connectivity index (χ0) is 13.2. The number of aryl methyl sites for hydroxylation is 1. The Bertz CT molecular complexity index is 671. The molecule has 2 aromatic rings. The number of anilines is 1. The van der Waals surface area contributed by atoms with E-state index in [0.29, 0.717) is 5.69 Å². The Labute approximate surface area is 114 Å². The molecule has 94 valence electrons. The minimum atomic E-state index is -3.57. The molecule has 0 aliphatic heterocycles. The average Bonchev–Trinajstić information content (AvgIpc) is 2.32. The summed E-state index contributed by atoms with van der Waals surface area (Å²) >= 11 is 3.25. The molecule has 0 saturated carbocycles. The highest BCUT2D eigenvalue weighted by molar-refractivity contribution is 9.10. The quantitative estimate of drug-likeness (QED) is 0.943. The molecular formula is C12H11BrN2O2S. The maximum Gasteiger partial charge on any atom is 0.261 e. The van der Waals surface area contributed by atoms with Gasteiger partial charge in [0.1, 0.15) is 0 Å². The van der Waals surface area contributed by atoms with E-state index in [9.17, 15) is 8.42 Å². The van der Waals surface area contributed by atoms with Crippen molar-refractivity contribution in [3.8, 4) is 0 Å². The van der Waals surface area contributed by atoms with Gasteiger partial charge < -0.3 is 0 Å². The molecule has 0 fully saturated rings. The van der Waals surface area contributed by atoms with Crippen LogP contribution in [-0.4, -0.2) is 13.4 Å². The number of sulfonamides is 1. The van der Waals surface area contributed by atoms with Gasteiger partial charge in [-0.3, -0.25) is 9.71 Å². The summed E-state index contributed by atoms with van der Waals surface area (Å²) in [5, 5.41) is 0. The second kappa shape index (κ2) is 5.07. The van der Waals surface area contributed by atoms with E-state index < -0.39 is 10.0 Å². The van der Waals surface area contributed by atoms with Crippen molar-refractivity contribution >= 4 is 31.6 Å². The Hall–Kier alpha value is -1.40. The maximum absolute atomic E-state index is 12.2. The molecule has 1 aromatic heterocycles. The lowest BCUT2D eigenvalue weighted by Crippen LogP contribution is -2.13. The molecule has 18 heavy (non-hydrogen) atoms.